The molecule has 6 heteroatoms. The second kappa shape index (κ2) is 4.51. The average Bonchev–Trinajstić information content (AvgIpc) is 1.98. The van der Waals surface area contributed by atoms with Crippen molar-refractivity contribution >= 4 is 12.0 Å². The second-order valence-corrected chi connectivity index (χ2v) is 1.72. The number of carbonyl (C=O) groups is 2. The van der Waals surface area contributed by atoms with Crippen molar-refractivity contribution in [2.24, 2.45) is 5.73 Å². The number of hydrogen-bond donors (Lipinski definition) is 3. The number of amides is 2. The Morgan fingerprint density at radius 1 is 1.73 bits per heavy atom. The van der Waals surface area contributed by atoms with Crippen LogP contribution in [0, 0.1) is 0 Å². The van der Waals surface area contributed by atoms with Gasteiger partial charge < -0.3 is 20.9 Å². The lowest BCUT2D eigenvalue weighted by Crippen LogP contribution is -2.39. The van der Waals surface area contributed by atoms with Crippen LogP contribution in [0.1, 0.15) is 0 Å². The number of likely N-dealkylation sites (N-methyl/N-ethyl adjacent to an activating group) is 1. The maximum Gasteiger partial charge on any atom is 0.405 e. The Morgan fingerprint density at radius 2 is 2.27 bits per heavy atom. The van der Waals surface area contributed by atoms with Gasteiger partial charge in [-0.3, -0.25) is 4.79 Å². The zero-order valence-electron chi connectivity index (χ0n) is 6.03. The molecule has 0 spiro atoms. The highest BCUT2D eigenvalue weighted by atomic mass is 16.6. The fraction of sp³-hybridized carbons (Fsp3) is 0.600. The smallest absolute Gasteiger partial charge is 0.405 e. The number of carbonyl (C=O) groups excluding carboxylic acids is 2. The minimum atomic E-state index is -1.21. The van der Waals surface area contributed by atoms with Gasteiger partial charge >= 0.3 is 6.09 Å². The minimum Gasteiger partial charge on any atom is -0.434 e. The number of rotatable bonds is 3. The zero-order valence-corrected chi connectivity index (χ0v) is 6.03. The van der Waals surface area contributed by atoms with Gasteiger partial charge in [0.15, 0.2) is 0 Å². The molecule has 0 aliphatic rings. The lowest BCUT2D eigenvalue weighted by atomic mass is 10.3. The Hall–Kier alpha value is -1.30. The van der Waals surface area contributed by atoms with Crippen LogP contribution in [-0.2, 0) is 9.53 Å². The molecule has 1 unspecified atom stereocenters. The first kappa shape index (κ1) is 9.70. The van der Waals surface area contributed by atoms with Crippen molar-refractivity contribution in [2.45, 2.75) is 6.10 Å². The molecular weight excluding hydrogens is 152 g/mol. The van der Waals surface area contributed by atoms with Gasteiger partial charge in [-0.15, -0.1) is 0 Å². The van der Waals surface area contributed by atoms with E-state index in [-0.39, 0.29) is 0 Å². The van der Waals surface area contributed by atoms with E-state index in [1.165, 1.54) is 7.05 Å². The van der Waals surface area contributed by atoms with Crippen LogP contribution in [0.3, 0.4) is 0 Å². The van der Waals surface area contributed by atoms with E-state index in [1.807, 2.05) is 0 Å². The summed E-state index contributed by atoms with van der Waals surface area (Å²) in [6, 6.07) is 0. The van der Waals surface area contributed by atoms with E-state index in [0.717, 1.165) is 0 Å². The zero-order chi connectivity index (χ0) is 8.85. The van der Waals surface area contributed by atoms with Gasteiger partial charge in [-0.25, -0.2) is 4.79 Å². The molecule has 0 saturated heterocycles. The third kappa shape index (κ3) is 3.41. The Kier molecular flexibility index (Phi) is 3.97. The Balaban J connectivity index is 3.94. The molecule has 0 fully saturated rings. The van der Waals surface area contributed by atoms with E-state index in [1.54, 1.807) is 0 Å². The molecule has 0 radical (unpaired) electrons. The van der Waals surface area contributed by atoms with E-state index in [2.05, 4.69) is 15.8 Å². The monoisotopic (exact) mass is 162 g/mol. The van der Waals surface area contributed by atoms with Crippen molar-refractivity contribution < 1.29 is 19.4 Å². The summed E-state index contributed by atoms with van der Waals surface area (Å²) in [5.74, 6) is -0.591. The van der Waals surface area contributed by atoms with Crippen LogP contribution < -0.4 is 11.1 Å². The summed E-state index contributed by atoms with van der Waals surface area (Å²) in [5.41, 5.74) is 4.61. The molecular formula is C5H10N2O4. The average molecular weight is 162 g/mol. The van der Waals surface area contributed by atoms with E-state index in [4.69, 9.17) is 5.11 Å². The van der Waals surface area contributed by atoms with Crippen molar-refractivity contribution in [1.29, 1.82) is 0 Å². The van der Waals surface area contributed by atoms with Gasteiger partial charge in [0.2, 0.25) is 6.10 Å². The number of nitrogens with two attached hydrogens (primary N) is 1. The first-order valence-electron chi connectivity index (χ1n) is 2.90. The van der Waals surface area contributed by atoms with Gasteiger partial charge in [0.05, 0.1) is 6.61 Å². The molecule has 0 saturated carbocycles. The molecule has 6 nitrogen and oxygen atoms in total. The standard InChI is InChI=1S/C5H10N2O4/c1-7-4(9)3(2-8)11-5(6)10/h3,8H,2H2,1H3,(H2,6,10)(H,7,9). The van der Waals surface area contributed by atoms with Crippen molar-refractivity contribution in [3.05, 3.63) is 0 Å². The molecule has 2 amide bonds. The molecule has 4 N–H and O–H groups in total. The maximum atomic E-state index is 10.7. The maximum absolute atomic E-state index is 10.7. The number of nitrogens with one attached hydrogen (secondary N) is 1. The van der Waals surface area contributed by atoms with Crippen molar-refractivity contribution in [2.75, 3.05) is 13.7 Å². The summed E-state index contributed by atoms with van der Waals surface area (Å²) in [7, 11) is 1.36. The summed E-state index contributed by atoms with van der Waals surface area (Å²) >= 11 is 0. The number of ether oxygens (including phenoxy) is 1. The minimum absolute atomic E-state index is 0.581. The Labute approximate surface area is 63.3 Å². The fourth-order valence-electron chi connectivity index (χ4n) is 0.475. The molecule has 1 atom stereocenters. The van der Waals surface area contributed by atoms with Crippen molar-refractivity contribution in [1.82, 2.24) is 5.32 Å². The summed E-state index contributed by atoms with van der Waals surface area (Å²) in [6.45, 7) is -0.581. The van der Waals surface area contributed by atoms with Crippen LogP contribution in [0.25, 0.3) is 0 Å². The van der Waals surface area contributed by atoms with E-state index >= 15 is 0 Å². The van der Waals surface area contributed by atoms with Crippen LogP contribution in [0.5, 0.6) is 0 Å². The van der Waals surface area contributed by atoms with Gasteiger partial charge in [0.1, 0.15) is 0 Å². The first-order valence-corrected chi connectivity index (χ1v) is 2.90. The highest BCUT2D eigenvalue weighted by molar-refractivity contribution is 5.82. The van der Waals surface area contributed by atoms with Gasteiger partial charge in [-0.1, -0.05) is 0 Å². The predicted octanol–water partition coefficient (Wildman–Crippen LogP) is -1.81. The van der Waals surface area contributed by atoms with Gasteiger partial charge in [0, 0.05) is 7.05 Å². The van der Waals surface area contributed by atoms with Gasteiger partial charge in [-0.05, 0) is 0 Å². The largest absolute Gasteiger partial charge is 0.434 e. The Morgan fingerprint density at radius 3 is 2.55 bits per heavy atom. The highest BCUT2D eigenvalue weighted by Crippen LogP contribution is 1.89. The summed E-state index contributed by atoms with van der Waals surface area (Å²) < 4.78 is 4.23. The predicted molar refractivity (Wildman–Crippen MR) is 35.6 cm³/mol. The topological polar surface area (TPSA) is 102 Å². The van der Waals surface area contributed by atoms with Crippen LogP contribution in [0.15, 0.2) is 0 Å². The van der Waals surface area contributed by atoms with Crippen molar-refractivity contribution in [3.63, 3.8) is 0 Å². The van der Waals surface area contributed by atoms with Gasteiger partial charge in [-0.2, -0.15) is 0 Å². The highest BCUT2D eigenvalue weighted by Gasteiger charge is 2.18. The van der Waals surface area contributed by atoms with E-state index < -0.39 is 24.7 Å². The number of hydrogen-bond acceptors (Lipinski definition) is 4. The summed E-state index contributed by atoms with van der Waals surface area (Å²) in [6.07, 6.45) is -2.30. The van der Waals surface area contributed by atoms with Crippen LogP contribution in [-0.4, -0.2) is 36.9 Å². The Bertz CT molecular complexity index is 159. The number of aliphatic hydroxyl groups excluding tert-OH is 1. The normalized spacial score (nSPS) is 11.8. The third-order valence-corrected chi connectivity index (χ3v) is 0.963. The molecule has 11 heavy (non-hydrogen) atoms. The molecule has 0 aliphatic carbocycles. The molecule has 0 aromatic carbocycles. The molecule has 0 aromatic heterocycles. The molecule has 0 rings (SSSR count). The number of primary amides is 1. The van der Waals surface area contributed by atoms with Crippen LogP contribution >= 0.6 is 0 Å². The molecule has 64 valence electrons. The van der Waals surface area contributed by atoms with Crippen molar-refractivity contribution in [3.8, 4) is 0 Å². The lowest BCUT2D eigenvalue weighted by molar-refractivity contribution is -0.130. The fourth-order valence-corrected chi connectivity index (χ4v) is 0.475. The molecule has 0 bridgehead atoms. The summed E-state index contributed by atoms with van der Waals surface area (Å²) in [5, 5.41) is 10.7. The van der Waals surface area contributed by atoms with Crippen LogP contribution in [0.4, 0.5) is 4.79 Å². The van der Waals surface area contributed by atoms with Crippen LogP contribution in [0.2, 0.25) is 0 Å². The quantitative estimate of drug-likeness (QED) is 0.455. The number of aliphatic hydroxyl groups is 1. The molecule has 0 aromatic rings. The summed E-state index contributed by atoms with van der Waals surface area (Å²) in [4.78, 5) is 20.8. The molecule has 0 heterocycles. The third-order valence-electron chi connectivity index (χ3n) is 0.963. The first-order chi connectivity index (χ1) is 5.11. The van der Waals surface area contributed by atoms with Gasteiger partial charge in [0.25, 0.3) is 5.91 Å². The molecule has 0 aliphatic heterocycles. The SMILES string of the molecule is CNC(=O)C(CO)OC(N)=O. The van der Waals surface area contributed by atoms with E-state index in [9.17, 15) is 9.59 Å². The lowest BCUT2D eigenvalue weighted by Gasteiger charge is -2.10. The second-order valence-electron chi connectivity index (χ2n) is 1.72. The van der Waals surface area contributed by atoms with E-state index in [0.29, 0.717) is 0 Å².